The van der Waals surface area contributed by atoms with Gasteiger partial charge in [-0.2, -0.15) is 0 Å². The van der Waals surface area contributed by atoms with E-state index in [1.807, 2.05) is 0 Å². The Bertz CT molecular complexity index is 1390. The van der Waals surface area contributed by atoms with Crippen LogP contribution in [0.1, 0.15) is 88.0 Å². The lowest BCUT2D eigenvalue weighted by Gasteiger charge is -2.48. The monoisotopic (exact) mass is 656 g/mol. The van der Waals surface area contributed by atoms with Crippen LogP contribution in [0, 0.1) is 6.92 Å². The molecule has 1 aromatic heterocycles. The second-order valence-electron chi connectivity index (χ2n) is 14.0. The highest BCUT2D eigenvalue weighted by molar-refractivity contribution is 5.86. The van der Waals surface area contributed by atoms with Gasteiger partial charge in [0.15, 0.2) is 0 Å². The first-order valence-electron chi connectivity index (χ1n) is 15.2. The molecule has 2 N–H and O–H groups in total. The minimum atomic E-state index is -0.373. The van der Waals surface area contributed by atoms with E-state index in [1.54, 1.807) is 0 Å². The van der Waals surface area contributed by atoms with Gasteiger partial charge in [-0.15, -0.1) is 37.2 Å². The molecule has 0 aliphatic carbocycles. The number of halogens is 3. The molecule has 0 bridgehead atoms. The lowest BCUT2D eigenvalue weighted by atomic mass is 9.71. The van der Waals surface area contributed by atoms with Gasteiger partial charge >= 0.3 is 0 Å². The highest BCUT2D eigenvalue weighted by Crippen LogP contribution is 2.47. The molecule has 0 saturated carbocycles. The second kappa shape index (κ2) is 14.8. The van der Waals surface area contributed by atoms with Crippen molar-refractivity contribution in [3.8, 4) is 11.4 Å². The minimum absolute atomic E-state index is 0. The third-order valence-electron chi connectivity index (χ3n) is 8.97. The maximum atomic E-state index is 5.40. The minimum Gasteiger partial charge on any atom is -0.342 e. The van der Waals surface area contributed by atoms with Crippen LogP contribution < -0.4 is 5.32 Å². The van der Waals surface area contributed by atoms with Crippen LogP contribution in [0.2, 0.25) is 0 Å². The summed E-state index contributed by atoms with van der Waals surface area (Å²) in [5.41, 5.74) is 8.57. The standard InChI is InChI=1S/C37H48N4.3ClH/c1-26-33(40-34(39-26)29-12-10-9-11-13-29)37(8,41-24-22-38-23-25-41)32(27-14-18-30(19-15-27)35(2,3)4)28-16-20-31(21-17-28)36(5,6)7;;;/h9-21,32,38H,22-25H2,1-8H3,(H,39,40);3*1H. The Morgan fingerprint density at radius 3 is 1.55 bits per heavy atom. The molecule has 5 rings (SSSR count). The first-order valence-corrected chi connectivity index (χ1v) is 15.2. The van der Waals surface area contributed by atoms with Crippen LogP contribution in [0.5, 0.6) is 0 Å². The summed E-state index contributed by atoms with van der Waals surface area (Å²) in [5, 5.41) is 3.58. The number of rotatable bonds is 6. The van der Waals surface area contributed by atoms with Crippen molar-refractivity contribution in [3.63, 3.8) is 0 Å². The van der Waals surface area contributed by atoms with Crippen LogP contribution >= 0.6 is 37.2 Å². The molecule has 0 radical (unpaired) electrons. The summed E-state index contributed by atoms with van der Waals surface area (Å²) in [6.07, 6.45) is 0. The summed E-state index contributed by atoms with van der Waals surface area (Å²) >= 11 is 0. The van der Waals surface area contributed by atoms with Crippen LogP contribution in [0.4, 0.5) is 0 Å². The average molecular weight is 658 g/mol. The van der Waals surface area contributed by atoms with Crippen molar-refractivity contribution in [2.75, 3.05) is 26.2 Å². The first-order chi connectivity index (χ1) is 19.4. The quantitative estimate of drug-likeness (QED) is 0.217. The SMILES string of the molecule is Cc1[nH]c(-c2ccccc2)nc1C(C)(C(c1ccc(C(C)(C)C)cc1)c1ccc(C(C)(C)C)cc1)N1CCNCC1.Cl.Cl.Cl. The Morgan fingerprint density at radius 2 is 1.11 bits per heavy atom. The number of hydrogen-bond acceptors (Lipinski definition) is 3. The maximum absolute atomic E-state index is 5.40. The predicted molar refractivity (Wildman–Crippen MR) is 194 cm³/mol. The van der Waals surface area contributed by atoms with Gasteiger partial charge in [-0.3, -0.25) is 4.90 Å². The summed E-state index contributed by atoms with van der Waals surface area (Å²) in [5.74, 6) is 1.03. The molecule has 0 amide bonds. The summed E-state index contributed by atoms with van der Waals surface area (Å²) in [6, 6.07) is 29.3. The number of imidazole rings is 1. The van der Waals surface area contributed by atoms with Crippen LogP contribution in [0.3, 0.4) is 0 Å². The van der Waals surface area contributed by atoms with E-state index in [2.05, 4.69) is 149 Å². The first kappa shape index (κ1) is 37.8. The number of aryl methyl sites for hydroxylation is 1. The second-order valence-corrected chi connectivity index (χ2v) is 14.0. The zero-order chi connectivity index (χ0) is 29.4. The molecule has 1 aliphatic heterocycles. The average Bonchev–Trinajstić information content (AvgIpc) is 3.36. The molecule has 7 heteroatoms. The van der Waals surface area contributed by atoms with Gasteiger partial charge < -0.3 is 10.3 Å². The Morgan fingerprint density at radius 1 is 0.659 bits per heavy atom. The Kier molecular flexibility index (Phi) is 12.8. The number of piperazine rings is 1. The number of nitrogens with zero attached hydrogens (tertiary/aromatic N) is 2. The van der Waals surface area contributed by atoms with E-state index in [0.717, 1.165) is 49.0 Å². The fraction of sp³-hybridized carbons (Fsp3) is 0.432. The lowest BCUT2D eigenvalue weighted by Crippen LogP contribution is -2.56. The zero-order valence-corrected chi connectivity index (χ0v) is 30.0. The van der Waals surface area contributed by atoms with Gasteiger partial charge in [0.1, 0.15) is 5.82 Å². The molecule has 4 aromatic rings. The molecule has 1 saturated heterocycles. The van der Waals surface area contributed by atoms with Crippen LogP contribution in [0.15, 0.2) is 78.9 Å². The molecule has 2 heterocycles. The van der Waals surface area contributed by atoms with E-state index >= 15 is 0 Å². The molecule has 1 fully saturated rings. The third-order valence-corrected chi connectivity index (χ3v) is 8.97. The number of aromatic amines is 1. The van der Waals surface area contributed by atoms with E-state index in [1.165, 1.54) is 22.3 Å². The summed E-state index contributed by atoms with van der Waals surface area (Å²) in [7, 11) is 0. The van der Waals surface area contributed by atoms with Crippen LogP contribution in [0.25, 0.3) is 11.4 Å². The van der Waals surface area contributed by atoms with Crippen molar-refractivity contribution in [1.82, 2.24) is 20.2 Å². The number of aromatic nitrogens is 2. The van der Waals surface area contributed by atoms with Gasteiger partial charge in [0.25, 0.3) is 0 Å². The molecule has 1 atom stereocenters. The van der Waals surface area contributed by atoms with Crippen molar-refractivity contribution in [1.29, 1.82) is 0 Å². The summed E-state index contributed by atoms with van der Waals surface area (Å²) in [6.45, 7) is 22.2. The predicted octanol–water partition coefficient (Wildman–Crippen LogP) is 9.20. The lowest BCUT2D eigenvalue weighted by molar-refractivity contribution is 0.0673. The van der Waals surface area contributed by atoms with Crippen molar-refractivity contribution >= 4 is 37.2 Å². The van der Waals surface area contributed by atoms with E-state index in [9.17, 15) is 0 Å². The van der Waals surface area contributed by atoms with Gasteiger partial charge in [-0.05, 0) is 46.9 Å². The van der Waals surface area contributed by atoms with Crippen molar-refractivity contribution in [2.24, 2.45) is 0 Å². The number of benzene rings is 3. The van der Waals surface area contributed by atoms with E-state index in [-0.39, 0.29) is 59.5 Å². The summed E-state index contributed by atoms with van der Waals surface area (Å²) in [4.78, 5) is 11.7. The largest absolute Gasteiger partial charge is 0.342 e. The molecule has 4 nitrogen and oxygen atoms in total. The molecule has 44 heavy (non-hydrogen) atoms. The van der Waals surface area contributed by atoms with Gasteiger partial charge in [-0.25, -0.2) is 4.98 Å². The van der Waals surface area contributed by atoms with Gasteiger partial charge in [0, 0.05) is 43.4 Å². The van der Waals surface area contributed by atoms with E-state index in [0.29, 0.717) is 0 Å². The van der Waals surface area contributed by atoms with Crippen LogP contribution in [-0.2, 0) is 16.4 Å². The van der Waals surface area contributed by atoms with Crippen molar-refractivity contribution in [3.05, 3.63) is 113 Å². The third kappa shape index (κ3) is 7.71. The topological polar surface area (TPSA) is 44.0 Å². The summed E-state index contributed by atoms with van der Waals surface area (Å²) < 4.78 is 0. The number of nitrogens with one attached hydrogen (secondary N) is 2. The van der Waals surface area contributed by atoms with E-state index < -0.39 is 0 Å². The Balaban J connectivity index is 0.00000225. The van der Waals surface area contributed by atoms with Gasteiger partial charge in [-0.1, -0.05) is 120 Å². The number of H-pyrrole nitrogens is 1. The smallest absolute Gasteiger partial charge is 0.137 e. The molecule has 1 aliphatic rings. The van der Waals surface area contributed by atoms with Gasteiger partial charge in [0.05, 0.1) is 11.2 Å². The fourth-order valence-electron chi connectivity index (χ4n) is 6.48. The number of hydrogen-bond donors (Lipinski definition) is 2. The highest BCUT2D eigenvalue weighted by atomic mass is 35.5. The normalized spacial score (nSPS) is 15.5. The molecule has 240 valence electrons. The van der Waals surface area contributed by atoms with Gasteiger partial charge in [0.2, 0.25) is 0 Å². The van der Waals surface area contributed by atoms with Crippen molar-refractivity contribution < 1.29 is 0 Å². The Hall–Kier alpha value is -2.34. The highest BCUT2D eigenvalue weighted by Gasteiger charge is 2.46. The van der Waals surface area contributed by atoms with Crippen LogP contribution in [-0.4, -0.2) is 41.0 Å². The Labute approximate surface area is 284 Å². The van der Waals surface area contributed by atoms with Crippen molar-refractivity contribution in [2.45, 2.75) is 77.7 Å². The molecular formula is C37H51Cl3N4. The molecule has 3 aromatic carbocycles. The fourth-order valence-corrected chi connectivity index (χ4v) is 6.48. The van der Waals surface area contributed by atoms with E-state index in [4.69, 9.17) is 4.98 Å². The zero-order valence-electron chi connectivity index (χ0n) is 27.5. The maximum Gasteiger partial charge on any atom is 0.137 e. The molecular weight excluding hydrogens is 607 g/mol. The molecule has 1 unspecified atom stereocenters. The molecule has 0 spiro atoms.